The van der Waals surface area contributed by atoms with E-state index in [9.17, 15) is 14.7 Å². The number of benzene rings is 1. The van der Waals surface area contributed by atoms with Crippen LogP contribution in [-0.4, -0.2) is 65.7 Å². The molecule has 2 aliphatic rings. The van der Waals surface area contributed by atoms with Gasteiger partial charge in [0.1, 0.15) is 5.54 Å². The lowest BCUT2D eigenvalue weighted by Gasteiger charge is -2.34. The molecular formula is C20H27ClN2O4. The number of rotatable bonds is 3. The first-order valence-corrected chi connectivity index (χ1v) is 9.69. The number of aliphatic hydroxyl groups is 1. The largest absolute Gasteiger partial charge is 0.468 e. The second kappa shape index (κ2) is 7.78. The number of carbonyl (C=O) groups is 2. The standard InChI is InChI=1S/C20H27ClN2O4/c1-20(19(26)27-3)12-16(18(25)23-10-8-15(24)9-11-23)17(22(20)2)13-4-6-14(21)7-5-13/h4-7,15-17,24H,8-12H2,1-3H3/t16-,17-,20-/m0/s1. The Kier molecular flexibility index (Phi) is 5.79. The molecule has 1 amide bonds. The van der Waals surface area contributed by atoms with E-state index >= 15 is 0 Å². The van der Waals surface area contributed by atoms with Crippen molar-refractivity contribution >= 4 is 23.5 Å². The third kappa shape index (κ3) is 3.71. The van der Waals surface area contributed by atoms with Crippen LogP contribution >= 0.6 is 11.6 Å². The van der Waals surface area contributed by atoms with Crippen LogP contribution in [0.2, 0.25) is 5.02 Å². The smallest absolute Gasteiger partial charge is 0.326 e. The number of amides is 1. The summed E-state index contributed by atoms with van der Waals surface area (Å²) in [5.41, 5.74) is 0.0687. The first kappa shape index (κ1) is 20.1. The molecule has 2 heterocycles. The predicted molar refractivity (Wildman–Crippen MR) is 102 cm³/mol. The Balaban J connectivity index is 1.94. The van der Waals surface area contributed by atoms with Crippen molar-refractivity contribution < 1.29 is 19.4 Å². The van der Waals surface area contributed by atoms with E-state index in [0.717, 1.165) is 5.56 Å². The number of ether oxygens (including phenoxy) is 1. The molecule has 0 aliphatic carbocycles. The minimum atomic E-state index is -0.880. The Hall–Kier alpha value is -1.63. The summed E-state index contributed by atoms with van der Waals surface area (Å²) in [6, 6.07) is 7.18. The number of likely N-dealkylation sites (N-methyl/N-ethyl adjacent to an activating group) is 1. The van der Waals surface area contributed by atoms with E-state index in [1.54, 1.807) is 12.1 Å². The Bertz CT molecular complexity index is 702. The number of hydrogen-bond donors (Lipinski definition) is 1. The van der Waals surface area contributed by atoms with Gasteiger partial charge < -0.3 is 14.7 Å². The van der Waals surface area contributed by atoms with Gasteiger partial charge in [0, 0.05) is 24.2 Å². The summed E-state index contributed by atoms with van der Waals surface area (Å²) in [6.07, 6.45) is 1.23. The molecule has 1 N–H and O–H groups in total. The third-order valence-corrected chi connectivity index (χ3v) is 6.38. The maximum atomic E-state index is 13.3. The summed E-state index contributed by atoms with van der Waals surface area (Å²) in [4.78, 5) is 29.6. The van der Waals surface area contributed by atoms with Crippen LogP contribution in [0.5, 0.6) is 0 Å². The molecule has 1 aromatic rings. The average molecular weight is 395 g/mol. The molecule has 0 spiro atoms. The highest BCUT2D eigenvalue weighted by Gasteiger charge is 2.55. The van der Waals surface area contributed by atoms with Gasteiger partial charge in [-0.25, -0.2) is 0 Å². The van der Waals surface area contributed by atoms with Crippen molar-refractivity contribution in [2.24, 2.45) is 5.92 Å². The van der Waals surface area contributed by atoms with E-state index in [0.29, 0.717) is 37.4 Å². The zero-order chi connectivity index (χ0) is 19.8. The van der Waals surface area contributed by atoms with Gasteiger partial charge in [0.2, 0.25) is 5.91 Å². The summed E-state index contributed by atoms with van der Waals surface area (Å²) in [7, 11) is 3.24. The summed E-state index contributed by atoms with van der Waals surface area (Å²) in [5.74, 6) is -0.676. The number of esters is 1. The van der Waals surface area contributed by atoms with Gasteiger partial charge in [0.05, 0.1) is 19.1 Å². The van der Waals surface area contributed by atoms with Crippen molar-refractivity contribution in [1.82, 2.24) is 9.80 Å². The highest BCUT2D eigenvalue weighted by Crippen LogP contribution is 2.47. The molecule has 27 heavy (non-hydrogen) atoms. The quantitative estimate of drug-likeness (QED) is 0.796. The highest BCUT2D eigenvalue weighted by atomic mass is 35.5. The molecular weight excluding hydrogens is 368 g/mol. The van der Waals surface area contributed by atoms with E-state index in [2.05, 4.69) is 0 Å². The number of carbonyl (C=O) groups excluding carboxylic acids is 2. The molecule has 6 nitrogen and oxygen atoms in total. The van der Waals surface area contributed by atoms with Crippen LogP contribution in [0.15, 0.2) is 24.3 Å². The van der Waals surface area contributed by atoms with Gasteiger partial charge in [0.25, 0.3) is 0 Å². The van der Waals surface area contributed by atoms with Gasteiger partial charge in [-0.05, 0) is 50.9 Å². The van der Waals surface area contributed by atoms with Crippen LogP contribution in [0.1, 0.15) is 37.8 Å². The maximum absolute atomic E-state index is 13.3. The normalized spacial score (nSPS) is 29.7. The molecule has 1 aromatic carbocycles. The Morgan fingerprint density at radius 1 is 1.22 bits per heavy atom. The number of nitrogens with zero attached hydrogens (tertiary/aromatic N) is 2. The van der Waals surface area contributed by atoms with Crippen LogP contribution in [0.4, 0.5) is 0 Å². The molecule has 0 radical (unpaired) electrons. The summed E-state index contributed by atoms with van der Waals surface area (Å²) in [5, 5.41) is 10.4. The predicted octanol–water partition coefficient (Wildman–Crippen LogP) is 2.25. The monoisotopic (exact) mass is 394 g/mol. The lowest BCUT2D eigenvalue weighted by atomic mass is 9.88. The molecule has 3 rings (SSSR count). The van der Waals surface area contributed by atoms with Crippen molar-refractivity contribution in [1.29, 1.82) is 0 Å². The zero-order valence-electron chi connectivity index (χ0n) is 16.0. The fourth-order valence-corrected chi connectivity index (χ4v) is 4.49. The SMILES string of the molecule is COC(=O)[C@]1(C)C[C@H](C(=O)N2CCC(O)CC2)[C@H](c2ccc(Cl)cc2)N1C. The molecule has 0 bridgehead atoms. The maximum Gasteiger partial charge on any atom is 0.326 e. The molecule has 0 saturated carbocycles. The van der Waals surface area contributed by atoms with E-state index in [-0.39, 0.29) is 29.9 Å². The lowest BCUT2D eigenvalue weighted by Crippen LogP contribution is -2.47. The summed E-state index contributed by atoms with van der Waals surface area (Å²) < 4.78 is 5.04. The second-order valence-corrected chi connectivity index (χ2v) is 8.18. The zero-order valence-corrected chi connectivity index (χ0v) is 16.8. The first-order chi connectivity index (χ1) is 12.8. The van der Waals surface area contributed by atoms with Crippen molar-refractivity contribution in [3.8, 4) is 0 Å². The van der Waals surface area contributed by atoms with E-state index in [4.69, 9.17) is 16.3 Å². The second-order valence-electron chi connectivity index (χ2n) is 7.74. The van der Waals surface area contributed by atoms with Crippen LogP contribution in [0.25, 0.3) is 0 Å². The minimum Gasteiger partial charge on any atom is -0.468 e. The number of hydrogen-bond acceptors (Lipinski definition) is 5. The Morgan fingerprint density at radius 2 is 1.81 bits per heavy atom. The van der Waals surface area contributed by atoms with Crippen LogP contribution in [0.3, 0.4) is 0 Å². The number of likely N-dealkylation sites (tertiary alicyclic amines) is 2. The topological polar surface area (TPSA) is 70.1 Å². The minimum absolute atomic E-state index is 0.0290. The molecule has 0 unspecified atom stereocenters. The van der Waals surface area contributed by atoms with Crippen molar-refractivity contribution in [3.63, 3.8) is 0 Å². The van der Waals surface area contributed by atoms with Gasteiger partial charge in [-0.3, -0.25) is 14.5 Å². The molecule has 148 valence electrons. The number of piperidine rings is 1. The fourth-order valence-electron chi connectivity index (χ4n) is 4.37. The number of aliphatic hydroxyl groups excluding tert-OH is 1. The van der Waals surface area contributed by atoms with Crippen molar-refractivity contribution in [2.45, 2.75) is 43.9 Å². The average Bonchev–Trinajstić information content (AvgIpc) is 2.94. The van der Waals surface area contributed by atoms with Gasteiger partial charge >= 0.3 is 5.97 Å². The Labute approximate surface area is 165 Å². The lowest BCUT2D eigenvalue weighted by molar-refractivity contribution is -0.152. The first-order valence-electron chi connectivity index (χ1n) is 9.31. The molecule has 0 aromatic heterocycles. The van der Waals surface area contributed by atoms with Crippen LogP contribution < -0.4 is 0 Å². The summed E-state index contributed by atoms with van der Waals surface area (Å²) in [6.45, 7) is 2.92. The van der Waals surface area contributed by atoms with Gasteiger partial charge in [-0.1, -0.05) is 23.7 Å². The van der Waals surface area contributed by atoms with Crippen LogP contribution in [-0.2, 0) is 14.3 Å². The van der Waals surface area contributed by atoms with Gasteiger partial charge in [0.15, 0.2) is 0 Å². The van der Waals surface area contributed by atoms with E-state index in [1.807, 2.05) is 35.9 Å². The van der Waals surface area contributed by atoms with Gasteiger partial charge in [-0.15, -0.1) is 0 Å². The van der Waals surface area contributed by atoms with Gasteiger partial charge in [-0.2, -0.15) is 0 Å². The molecule has 2 aliphatic heterocycles. The van der Waals surface area contributed by atoms with Crippen molar-refractivity contribution in [3.05, 3.63) is 34.9 Å². The number of halogens is 1. The molecule has 2 fully saturated rings. The molecule has 3 atom stereocenters. The summed E-state index contributed by atoms with van der Waals surface area (Å²) >= 11 is 6.03. The van der Waals surface area contributed by atoms with Crippen LogP contribution in [0, 0.1) is 5.92 Å². The molecule has 2 saturated heterocycles. The van der Waals surface area contributed by atoms with Crippen molar-refractivity contribution in [2.75, 3.05) is 27.2 Å². The molecule has 7 heteroatoms. The Morgan fingerprint density at radius 3 is 2.37 bits per heavy atom. The fraction of sp³-hybridized carbons (Fsp3) is 0.600. The third-order valence-electron chi connectivity index (χ3n) is 6.12. The highest BCUT2D eigenvalue weighted by molar-refractivity contribution is 6.30. The van der Waals surface area contributed by atoms with E-state index in [1.165, 1.54) is 7.11 Å². The number of methoxy groups -OCH3 is 1. The van der Waals surface area contributed by atoms with E-state index < -0.39 is 5.54 Å².